The third kappa shape index (κ3) is 3.83. The van der Waals surface area contributed by atoms with Crippen molar-refractivity contribution in [3.8, 4) is 0 Å². The first-order chi connectivity index (χ1) is 13.5. The third-order valence-corrected chi connectivity index (χ3v) is 6.17. The van der Waals surface area contributed by atoms with Crippen LogP contribution in [0.3, 0.4) is 0 Å². The maximum Gasteiger partial charge on any atom is 0.169 e. The lowest BCUT2D eigenvalue weighted by atomic mass is 10.00. The Balaban J connectivity index is 1.71. The molecule has 2 aromatic carbocycles. The summed E-state index contributed by atoms with van der Waals surface area (Å²) in [5.41, 5.74) is 10.1. The second-order valence-corrected chi connectivity index (χ2v) is 8.44. The second kappa shape index (κ2) is 7.80. The molecule has 0 bridgehead atoms. The summed E-state index contributed by atoms with van der Waals surface area (Å²) >= 11 is 1.79. The molecular weight excluding hydrogens is 362 g/mol. The molecule has 0 aliphatic rings. The zero-order valence-electron chi connectivity index (χ0n) is 16.9. The molecule has 0 N–H and O–H groups in total. The highest BCUT2D eigenvalue weighted by molar-refractivity contribution is 7.98. The molecule has 0 aliphatic carbocycles. The number of aromatic nitrogens is 3. The smallest absolute Gasteiger partial charge is 0.169 e. The predicted octanol–water partition coefficient (Wildman–Crippen LogP) is 6.01. The lowest BCUT2D eigenvalue weighted by Gasteiger charge is -2.15. The van der Waals surface area contributed by atoms with Gasteiger partial charge in [-0.15, -0.1) is 0 Å². The van der Waals surface area contributed by atoms with E-state index in [1.165, 1.54) is 33.4 Å². The molecule has 0 saturated carbocycles. The van der Waals surface area contributed by atoms with Gasteiger partial charge in [-0.05, 0) is 56.0 Å². The van der Waals surface area contributed by atoms with E-state index in [1.807, 2.05) is 18.5 Å². The van der Waals surface area contributed by atoms with E-state index in [0.717, 1.165) is 28.5 Å². The molecule has 0 fully saturated rings. The van der Waals surface area contributed by atoms with Crippen LogP contribution in [0, 0.1) is 27.7 Å². The number of thioether (sulfide) groups is 1. The number of benzene rings is 2. The zero-order chi connectivity index (χ0) is 19.7. The Morgan fingerprint density at radius 3 is 2.46 bits per heavy atom. The summed E-state index contributed by atoms with van der Waals surface area (Å²) in [6.45, 7) is 9.51. The average molecular weight is 388 g/mol. The van der Waals surface area contributed by atoms with Gasteiger partial charge >= 0.3 is 0 Å². The molecule has 28 heavy (non-hydrogen) atoms. The van der Waals surface area contributed by atoms with Crippen molar-refractivity contribution in [3.63, 3.8) is 0 Å². The molecule has 0 amide bonds. The van der Waals surface area contributed by atoms with E-state index in [1.54, 1.807) is 11.8 Å². The van der Waals surface area contributed by atoms with Crippen molar-refractivity contribution >= 4 is 22.8 Å². The van der Waals surface area contributed by atoms with Gasteiger partial charge in [-0.3, -0.25) is 4.98 Å². The van der Waals surface area contributed by atoms with Crippen LogP contribution in [0.1, 0.15) is 33.4 Å². The van der Waals surface area contributed by atoms with Crippen molar-refractivity contribution in [3.05, 3.63) is 88.2 Å². The van der Waals surface area contributed by atoms with E-state index in [-0.39, 0.29) is 0 Å². The number of rotatable bonds is 5. The normalized spacial score (nSPS) is 11.3. The molecule has 0 spiro atoms. The molecule has 2 aromatic heterocycles. The number of nitrogens with zero attached hydrogens (tertiary/aromatic N) is 3. The molecule has 4 rings (SSSR count). The van der Waals surface area contributed by atoms with Crippen LogP contribution in [0.4, 0.5) is 0 Å². The van der Waals surface area contributed by atoms with Gasteiger partial charge in [0, 0.05) is 11.9 Å². The third-order valence-electron chi connectivity index (χ3n) is 5.12. The van der Waals surface area contributed by atoms with Gasteiger partial charge in [-0.2, -0.15) is 0 Å². The number of pyridine rings is 1. The first-order valence-electron chi connectivity index (χ1n) is 9.56. The number of aryl methyl sites for hydroxylation is 4. The molecular formula is C24H25N3S. The van der Waals surface area contributed by atoms with Gasteiger partial charge in [-0.25, -0.2) is 4.98 Å². The Labute approximate surface area is 170 Å². The van der Waals surface area contributed by atoms with E-state index in [4.69, 9.17) is 4.98 Å². The highest BCUT2D eigenvalue weighted by Crippen LogP contribution is 2.29. The Morgan fingerprint density at radius 1 is 0.929 bits per heavy atom. The molecule has 0 saturated heterocycles. The van der Waals surface area contributed by atoms with Gasteiger partial charge in [0.15, 0.2) is 5.16 Å². The van der Waals surface area contributed by atoms with Crippen LogP contribution >= 0.6 is 11.8 Å². The average Bonchev–Trinajstić information content (AvgIpc) is 3.00. The van der Waals surface area contributed by atoms with E-state index in [2.05, 4.69) is 73.6 Å². The van der Waals surface area contributed by atoms with Crippen LogP contribution in [0.25, 0.3) is 11.0 Å². The van der Waals surface area contributed by atoms with E-state index < -0.39 is 0 Å². The summed E-state index contributed by atoms with van der Waals surface area (Å²) in [6.07, 6.45) is 3.75. The van der Waals surface area contributed by atoms with E-state index >= 15 is 0 Å². The van der Waals surface area contributed by atoms with Crippen LogP contribution in [-0.2, 0) is 12.3 Å². The van der Waals surface area contributed by atoms with Crippen LogP contribution < -0.4 is 0 Å². The molecule has 2 heterocycles. The van der Waals surface area contributed by atoms with Crippen molar-refractivity contribution in [2.24, 2.45) is 0 Å². The van der Waals surface area contributed by atoms with Gasteiger partial charge in [0.05, 0.1) is 23.8 Å². The Hall–Kier alpha value is -2.59. The van der Waals surface area contributed by atoms with Crippen molar-refractivity contribution in [1.29, 1.82) is 0 Å². The lowest BCUT2D eigenvalue weighted by Crippen LogP contribution is -2.06. The summed E-state index contributed by atoms with van der Waals surface area (Å²) < 4.78 is 2.31. The summed E-state index contributed by atoms with van der Waals surface area (Å²) in [5, 5.41) is 1.05. The monoisotopic (exact) mass is 387 g/mol. The molecule has 0 atom stereocenters. The second-order valence-electron chi connectivity index (χ2n) is 7.50. The highest BCUT2D eigenvalue weighted by Gasteiger charge is 2.14. The molecule has 0 unspecified atom stereocenters. The van der Waals surface area contributed by atoms with Crippen LogP contribution in [0.15, 0.2) is 60.0 Å². The molecule has 4 heteroatoms. The van der Waals surface area contributed by atoms with Gasteiger partial charge in [0.1, 0.15) is 0 Å². The predicted molar refractivity (Wildman–Crippen MR) is 118 cm³/mol. The minimum absolute atomic E-state index is 0.816. The van der Waals surface area contributed by atoms with Crippen molar-refractivity contribution in [2.45, 2.75) is 45.1 Å². The summed E-state index contributed by atoms with van der Waals surface area (Å²) in [4.78, 5) is 9.26. The summed E-state index contributed by atoms with van der Waals surface area (Å²) in [7, 11) is 0. The summed E-state index contributed by atoms with van der Waals surface area (Å²) in [5.74, 6) is 0.907. The fourth-order valence-corrected chi connectivity index (χ4v) is 4.73. The topological polar surface area (TPSA) is 30.7 Å². The minimum atomic E-state index is 0.816. The fraction of sp³-hybridized carbons (Fsp3) is 0.250. The molecule has 142 valence electrons. The SMILES string of the molecule is Cc1cccc(CSc2nc3ccncc3n2Cc2c(C)cc(C)cc2C)c1. The molecule has 0 aliphatic heterocycles. The Bertz CT molecular complexity index is 1120. The molecule has 0 radical (unpaired) electrons. The lowest BCUT2D eigenvalue weighted by molar-refractivity contribution is 0.723. The van der Waals surface area contributed by atoms with Crippen molar-refractivity contribution < 1.29 is 0 Å². The zero-order valence-corrected chi connectivity index (χ0v) is 17.7. The van der Waals surface area contributed by atoms with Crippen LogP contribution in [-0.4, -0.2) is 14.5 Å². The first-order valence-corrected chi connectivity index (χ1v) is 10.5. The number of fused-ring (bicyclic) bond motifs is 1. The maximum atomic E-state index is 4.91. The van der Waals surface area contributed by atoms with Gasteiger partial charge in [-0.1, -0.05) is 59.3 Å². The Morgan fingerprint density at radius 2 is 1.71 bits per heavy atom. The van der Waals surface area contributed by atoms with Gasteiger partial charge in [0.25, 0.3) is 0 Å². The van der Waals surface area contributed by atoms with E-state index in [9.17, 15) is 0 Å². The quantitative estimate of drug-likeness (QED) is 0.393. The summed E-state index contributed by atoms with van der Waals surface area (Å²) in [6, 6.07) is 15.2. The Kier molecular flexibility index (Phi) is 5.23. The highest BCUT2D eigenvalue weighted by atomic mass is 32.2. The van der Waals surface area contributed by atoms with Gasteiger partial charge < -0.3 is 4.57 Å². The van der Waals surface area contributed by atoms with Gasteiger partial charge in [0.2, 0.25) is 0 Å². The fourth-order valence-electron chi connectivity index (χ4n) is 3.78. The number of hydrogen-bond donors (Lipinski definition) is 0. The minimum Gasteiger partial charge on any atom is -0.313 e. The van der Waals surface area contributed by atoms with E-state index in [0.29, 0.717) is 0 Å². The van der Waals surface area contributed by atoms with Crippen LogP contribution in [0.2, 0.25) is 0 Å². The first kappa shape index (κ1) is 18.8. The number of imidazole rings is 1. The van der Waals surface area contributed by atoms with Crippen molar-refractivity contribution in [2.75, 3.05) is 0 Å². The molecule has 3 nitrogen and oxygen atoms in total. The maximum absolute atomic E-state index is 4.91. The van der Waals surface area contributed by atoms with Crippen molar-refractivity contribution in [1.82, 2.24) is 14.5 Å². The standard InChI is InChI=1S/C24H25N3S/c1-16-6-5-7-20(12-16)15-28-24-26-22-8-9-25-13-23(22)27(24)14-21-18(3)10-17(2)11-19(21)4/h5-13H,14-15H2,1-4H3. The number of hydrogen-bond acceptors (Lipinski definition) is 3. The van der Waals surface area contributed by atoms with Crippen LogP contribution in [0.5, 0.6) is 0 Å². The largest absolute Gasteiger partial charge is 0.313 e. The molecule has 4 aromatic rings.